The first-order chi connectivity index (χ1) is 16.1. The van der Waals surface area contributed by atoms with Crippen LogP contribution < -0.4 is 26.4 Å². The Morgan fingerprint density at radius 3 is 2.50 bits per heavy atom. The van der Waals surface area contributed by atoms with Crippen LogP contribution in [-0.4, -0.2) is 66.6 Å². The van der Waals surface area contributed by atoms with E-state index >= 15 is 0 Å². The van der Waals surface area contributed by atoms with Gasteiger partial charge in [-0.2, -0.15) is 13.2 Å². The van der Waals surface area contributed by atoms with Crippen LogP contribution in [0.3, 0.4) is 0 Å². The van der Waals surface area contributed by atoms with Crippen molar-refractivity contribution in [3.05, 3.63) is 51.7 Å². The monoisotopic (exact) mass is 481 g/mol. The number of urea groups is 1. The molecule has 0 saturated carbocycles. The summed E-state index contributed by atoms with van der Waals surface area (Å²) in [5, 5.41) is 7.31. The fourth-order valence-electron chi connectivity index (χ4n) is 3.62. The van der Waals surface area contributed by atoms with Crippen molar-refractivity contribution in [2.45, 2.75) is 19.6 Å². The maximum Gasteiger partial charge on any atom is 0.435 e. The average molecular weight is 481 g/mol. The van der Waals surface area contributed by atoms with E-state index in [1.54, 1.807) is 24.1 Å². The maximum absolute atomic E-state index is 13.6. The van der Waals surface area contributed by atoms with Crippen molar-refractivity contribution < 1.29 is 22.8 Å². The van der Waals surface area contributed by atoms with Gasteiger partial charge in [-0.3, -0.25) is 14.5 Å². The predicted molar refractivity (Wildman–Crippen MR) is 120 cm³/mol. The van der Waals surface area contributed by atoms with Crippen LogP contribution in [-0.2, 0) is 12.7 Å². The molecule has 2 aromatic heterocycles. The molecule has 3 heterocycles. The van der Waals surface area contributed by atoms with Crippen LogP contribution in [0, 0.1) is 0 Å². The lowest BCUT2D eigenvalue weighted by Gasteiger charge is -2.37. The number of carbonyl (C=O) groups excluding carboxylic acids is 2. The summed E-state index contributed by atoms with van der Waals surface area (Å²) in [5.41, 5.74) is -1.05. The molecule has 0 bridgehead atoms. The van der Waals surface area contributed by atoms with E-state index in [0.717, 1.165) is 5.56 Å². The summed E-state index contributed by atoms with van der Waals surface area (Å²) < 4.78 is 40.9. The number of hydrogen-bond acceptors (Lipinski definition) is 6. The van der Waals surface area contributed by atoms with Crippen LogP contribution in [0.15, 0.2) is 29.2 Å². The third-order valence-electron chi connectivity index (χ3n) is 5.27. The second-order valence-electron chi connectivity index (χ2n) is 7.64. The van der Waals surface area contributed by atoms with Gasteiger partial charge in [0.25, 0.3) is 11.5 Å². The number of nitrogens with zero attached hydrogens (tertiary/aromatic N) is 3. The standard InChI is InChI=1S/C21H26F3N7O3/c1-3-26-20(34)29-15-10-13(11-27-19(15)33)12-30-6-8-31(9-7-30)16-5-4-14(18(32)25-2)28-17(16)21(22,23)24/h4-5,10-11H,3,6-9,12H2,1-2H3,(H,25,32)(H,27,33)(H2,26,29,34). The highest BCUT2D eigenvalue weighted by molar-refractivity contribution is 5.92. The fraction of sp³-hybridized carbons (Fsp3) is 0.429. The number of H-pyrrole nitrogens is 1. The van der Waals surface area contributed by atoms with E-state index in [9.17, 15) is 27.6 Å². The smallest absolute Gasteiger partial charge is 0.367 e. The molecule has 1 fully saturated rings. The number of anilines is 2. The van der Waals surface area contributed by atoms with E-state index in [-0.39, 0.29) is 17.1 Å². The van der Waals surface area contributed by atoms with Gasteiger partial charge < -0.3 is 25.8 Å². The van der Waals surface area contributed by atoms with Gasteiger partial charge in [0.05, 0.1) is 5.69 Å². The Morgan fingerprint density at radius 2 is 1.88 bits per heavy atom. The molecule has 0 atom stereocenters. The SMILES string of the molecule is CCNC(=O)Nc1cc(CN2CCN(c3ccc(C(=O)NC)nc3C(F)(F)F)CC2)c[nH]c1=O. The quantitative estimate of drug-likeness (QED) is 0.497. The molecule has 0 radical (unpaired) electrons. The number of carbonyl (C=O) groups is 2. The maximum atomic E-state index is 13.6. The van der Waals surface area contributed by atoms with E-state index in [4.69, 9.17) is 0 Å². The van der Waals surface area contributed by atoms with Gasteiger partial charge in [0.2, 0.25) is 0 Å². The highest BCUT2D eigenvalue weighted by atomic mass is 19.4. The number of rotatable bonds is 6. The number of aromatic amines is 1. The Morgan fingerprint density at radius 1 is 1.18 bits per heavy atom. The summed E-state index contributed by atoms with van der Waals surface area (Å²) in [6.45, 7) is 4.17. The summed E-state index contributed by atoms with van der Waals surface area (Å²) >= 11 is 0. The van der Waals surface area contributed by atoms with E-state index < -0.39 is 29.4 Å². The average Bonchev–Trinajstić information content (AvgIpc) is 2.80. The van der Waals surface area contributed by atoms with Gasteiger partial charge in [0.15, 0.2) is 5.69 Å². The lowest BCUT2D eigenvalue weighted by molar-refractivity contribution is -0.140. The molecule has 0 aliphatic carbocycles. The number of hydrogen-bond donors (Lipinski definition) is 4. The molecule has 3 rings (SSSR count). The van der Waals surface area contributed by atoms with Crippen LogP contribution >= 0.6 is 0 Å². The van der Waals surface area contributed by atoms with Gasteiger partial charge in [-0.05, 0) is 30.7 Å². The fourth-order valence-corrected chi connectivity index (χ4v) is 3.62. The van der Waals surface area contributed by atoms with Crippen molar-refractivity contribution in [2.24, 2.45) is 0 Å². The third kappa shape index (κ3) is 6.04. The number of aromatic nitrogens is 2. The lowest BCUT2D eigenvalue weighted by Crippen LogP contribution is -2.46. The zero-order valence-corrected chi connectivity index (χ0v) is 18.8. The minimum atomic E-state index is -4.71. The van der Waals surface area contributed by atoms with E-state index in [1.165, 1.54) is 19.2 Å². The molecule has 2 aromatic rings. The number of amides is 3. The van der Waals surface area contributed by atoms with Gasteiger partial charge in [0.1, 0.15) is 11.4 Å². The number of halogens is 3. The molecule has 1 aliphatic rings. The van der Waals surface area contributed by atoms with Gasteiger partial charge in [-0.25, -0.2) is 9.78 Å². The molecule has 0 aromatic carbocycles. The summed E-state index contributed by atoms with van der Waals surface area (Å²) in [4.78, 5) is 45.2. The molecule has 10 nitrogen and oxygen atoms in total. The molecular weight excluding hydrogens is 455 g/mol. The second-order valence-corrected chi connectivity index (χ2v) is 7.64. The second kappa shape index (κ2) is 10.5. The van der Waals surface area contributed by atoms with Crippen molar-refractivity contribution in [3.8, 4) is 0 Å². The zero-order valence-electron chi connectivity index (χ0n) is 18.8. The summed E-state index contributed by atoms with van der Waals surface area (Å²) in [6.07, 6.45) is -3.17. The first kappa shape index (κ1) is 25.0. The Kier molecular flexibility index (Phi) is 7.76. The summed E-state index contributed by atoms with van der Waals surface area (Å²) in [7, 11) is 1.33. The topological polar surface area (TPSA) is 122 Å². The molecule has 3 amide bonds. The zero-order chi connectivity index (χ0) is 24.9. The number of pyridine rings is 2. The van der Waals surface area contributed by atoms with Crippen LogP contribution in [0.4, 0.5) is 29.3 Å². The summed E-state index contributed by atoms with van der Waals surface area (Å²) in [6, 6.07) is 3.63. The largest absolute Gasteiger partial charge is 0.435 e. The summed E-state index contributed by atoms with van der Waals surface area (Å²) in [5.74, 6) is -0.691. The Labute approximate surface area is 193 Å². The minimum absolute atomic E-state index is 0.0720. The Hall–Kier alpha value is -3.61. The van der Waals surface area contributed by atoms with E-state index in [2.05, 4.69) is 25.9 Å². The number of alkyl halides is 3. The molecule has 34 heavy (non-hydrogen) atoms. The molecule has 0 unspecified atom stereocenters. The van der Waals surface area contributed by atoms with Gasteiger partial charge in [-0.1, -0.05) is 0 Å². The lowest BCUT2D eigenvalue weighted by atomic mass is 10.1. The molecular formula is C21H26F3N7O3. The predicted octanol–water partition coefficient (Wildman–Crippen LogP) is 1.61. The third-order valence-corrected chi connectivity index (χ3v) is 5.27. The number of nitrogens with one attached hydrogen (secondary N) is 4. The van der Waals surface area contributed by atoms with E-state index in [0.29, 0.717) is 39.3 Å². The highest BCUT2D eigenvalue weighted by Crippen LogP contribution is 2.35. The normalized spacial score (nSPS) is 14.6. The first-order valence-electron chi connectivity index (χ1n) is 10.7. The van der Waals surface area contributed by atoms with Crippen molar-refractivity contribution in [3.63, 3.8) is 0 Å². The molecule has 1 saturated heterocycles. The van der Waals surface area contributed by atoms with Crippen molar-refractivity contribution in [2.75, 3.05) is 50.0 Å². The molecule has 1 aliphatic heterocycles. The van der Waals surface area contributed by atoms with Gasteiger partial charge in [0, 0.05) is 52.5 Å². The first-order valence-corrected chi connectivity index (χ1v) is 10.7. The van der Waals surface area contributed by atoms with E-state index in [1.807, 2.05) is 4.90 Å². The van der Waals surface area contributed by atoms with Crippen molar-refractivity contribution >= 4 is 23.3 Å². The molecule has 184 valence electrons. The molecule has 13 heteroatoms. The van der Waals surface area contributed by atoms with Crippen LogP contribution in [0.1, 0.15) is 28.7 Å². The van der Waals surface area contributed by atoms with Gasteiger partial charge in [-0.15, -0.1) is 0 Å². The number of piperazine rings is 1. The minimum Gasteiger partial charge on any atom is -0.367 e. The Bertz CT molecular complexity index is 1100. The highest BCUT2D eigenvalue weighted by Gasteiger charge is 2.38. The Balaban J connectivity index is 1.69. The molecule has 4 N–H and O–H groups in total. The molecule has 0 spiro atoms. The van der Waals surface area contributed by atoms with Gasteiger partial charge >= 0.3 is 12.2 Å². The van der Waals surface area contributed by atoms with Crippen LogP contribution in [0.25, 0.3) is 0 Å². The van der Waals surface area contributed by atoms with Crippen LogP contribution in [0.2, 0.25) is 0 Å². The van der Waals surface area contributed by atoms with Crippen LogP contribution in [0.5, 0.6) is 0 Å². The van der Waals surface area contributed by atoms with Crippen molar-refractivity contribution in [1.82, 2.24) is 25.5 Å². The van der Waals surface area contributed by atoms with Crippen molar-refractivity contribution in [1.29, 1.82) is 0 Å².